The third-order valence-electron chi connectivity index (χ3n) is 3.73. The number of aliphatic hydroxyl groups is 1. The number of urea groups is 1. The van der Waals surface area contributed by atoms with Gasteiger partial charge in [0.05, 0.1) is 12.6 Å². The zero-order valence-corrected chi connectivity index (χ0v) is 14.6. The number of rotatable bonds is 7. The maximum absolute atomic E-state index is 11.7. The van der Waals surface area contributed by atoms with E-state index in [2.05, 4.69) is 16.0 Å². The molecule has 0 fully saturated rings. The van der Waals surface area contributed by atoms with Crippen LogP contribution in [0.4, 0.5) is 4.79 Å². The molecular weight excluding hydrogens is 318 g/mol. The van der Waals surface area contributed by atoms with Gasteiger partial charge in [-0.05, 0) is 28.3 Å². The summed E-state index contributed by atoms with van der Waals surface area (Å²) < 4.78 is 0. The predicted molar refractivity (Wildman–Crippen MR) is 98.2 cm³/mol. The van der Waals surface area contributed by atoms with Gasteiger partial charge in [-0.1, -0.05) is 50.2 Å². The first-order valence-corrected chi connectivity index (χ1v) is 8.41. The van der Waals surface area contributed by atoms with Crippen LogP contribution >= 0.6 is 0 Å². The minimum atomic E-state index is -0.815. The van der Waals surface area contributed by atoms with Gasteiger partial charge in [0.2, 0.25) is 5.91 Å². The van der Waals surface area contributed by atoms with Crippen molar-refractivity contribution in [3.05, 3.63) is 48.0 Å². The van der Waals surface area contributed by atoms with Crippen LogP contribution in [0.25, 0.3) is 10.8 Å². The fourth-order valence-corrected chi connectivity index (χ4v) is 2.33. The van der Waals surface area contributed by atoms with E-state index in [0.717, 1.165) is 16.3 Å². The van der Waals surface area contributed by atoms with Crippen molar-refractivity contribution in [2.75, 3.05) is 19.6 Å². The topological polar surface area (TPSA) is 90.5 Å². The van der Waals surface area contributed by atoms with Crippen molar-refractivity contribution >= 4 is 22.7 Å². The average Bonchev–Trinajstić information content (AvgIpc) is 2.62. The zero-order valence-electron chi connectivity index (χ0n) is 14.6. The molecule has 0 aromatic heterocycles. The Morgan fingerprint density at radius 2 is 1.68 bits per heavy atom. The lowest BCUT2D eigenvalue weighted by atomic mass is 10.0. The molecule has 0 spiro atoms. The summed E-state index contributed by atoms with van der Waals surface area (Å²) in [6.07, 6.45) is -0.815. The van der Waals surface area contributed by atoms with E-state index >= 15 is 0 Å². The van der Waals surface area contributed by atoms with Crippen LogP contribution in [-0.4, -0.2) is 36.7 Å². The summed E-state index contributed by atoms with van der Waals surface area (Å²) in [5.41, 5.74) is 0.730. The molecule has 6 nitrogen and oxygen atoms in total. The Morgan fingerprint density at radius 1 is 0.960 bits per heavy atom. The maximum Gasteiger partial charge on any atom is 0.315 e. The van der Waals surface area contributed by atoms with Crippen molar-refractivity contribution in [1.29, 1.82) is 0 Å². The van der Waals surface area contributed by atoms with Crippen molar-refractivity contribution in [2.45, 2.75) is 20.0 Å². The molecule has 0 heterocycles. The van der Waals surface area contributed by atoms with Crippen LogP contribution in [0.15, 0.2) is 42.5 Å². The van der Waals surface area contributed by atoms with Crippen LogP contribution in [0.3, 0.4) is 0 Å². The molecule has 0 bridgehead atoms. The fraction of sp³-hybridized carbons (Fsp3) is 0.368. The molecule has 1 atom stereocenters. The van der Waals surface area contributed by atoms with Crippen molar-refractivity contribution in [2.24, 2.45) is 5.92 Å². The molecule has 0 aliphatic rings. The van der Waals surface area contributed by atoms with E-state index in [4.69, 9.17) is 0 Å². The molecule has 6 heteroatoms. The molecule has 0 unspecified atom stereocenters. The molecule has 134 valence electrons. The van der Waals surface area contributed by atoms with Gasteiger partial charge < -0.3 is 21.1 Å². The number of aliphatic hydroxyl groups excluding tert-OH is 1. The van der Waals surface area contributed by atoms with Crippen LogP contribution < -0.4 is 16.0 Å². The van der Waals surface area contributed by atoms with Crippen molar-refractivity contribution in [3.63, 3.8) is 0 Å². The van der Waals surface area contributed by atoms with E-state index in [-0.39, 0.29) is 19.0 Å². The van der Waals surface area contributed by atoms with E-state index in [1.54, 1.807) is 0 Å². The minimum Gasteiger partial charge on any atom is -0.387 e. The van der Waals surface area contributed by atoms with Crippen molar-refractivity contribution < 1.29 is 14.7 Å². The lowest BCUT2D eigenvalue weighted by Gasteiger charge is -2.14. The lowest BCUT2D eigenvalue weighted by Crippen LogP contribution is -2.43. The number of hydrogen-bond acceptors (Lipinski definition) is 3. The highest BCUT2D eigenvalue weighted by Gasteiger charge is 2.11. The van der Waals surface area contributed by atoms with E-state index in [0.29, 0.717) is 12.5 Å². The first kappa shape index (κ1) is 18.7. The Balaban J connectivity index is 1.77. The molecule has 2 rings (SSSR count). The molecule has 2 aromatic rings. The zero-order chi connectivity index (χ0) is 18.2. The van der Waals surface area contributed by atoms with E-state index in [1.165, 1.54) is 0 Å². The number of nitrogens with one attached hydrogen (secondary N) is 3. The van der Waals surface area contributed by atoms with Gasteiger partial charge in [0, 0.05) is 13.1 Å². The number of amides is 3. The highest BCUT2D eigenvalue weighted by Crippen LogP contribution is 2.19. The van der Waals surface area contributed by atoms with Gasteiger partial charge >= 0.3 is 6.03 Å². The smallest absolute Gasteiger partial charge is 0.315 e. The second-order valence-electron chi connectivity index (χ2n) is 6.38. The molecular formula is C19H25N3O3. The van der Waals surface area contributed by atoms with Gasteiger partial charge in [-0.25, -0.2) is 4.79 Å². The fourth-order valence-electron chi connectivity index (χ4n) is 2.33. The molecule has 3 amide bonds. The quantitative estimate of drug-likeness (QED) is 0.619. The Labute approximate surface area is 147 Å². The number of carbonyl (C=O) groups excluding carboxylic acids is 2. The van der Waals surface area contributed by atoms with E-state index < -0.39 is 12.1 Å². The molecule has 0 radical (unpaired) electrons. The predicted octanol–water partition coefficient (Wildman–Crippen LogP) is 1.94. The highest BCUT2D eigenvalue weighted by atomic mass is 16.3. The summed E-state index contributed by atoms with van der Waals surface area (Å²) >= 11 is 0. The van der Waals surface area contributed by atoms with Crippen molar-refractivity contribution in [3.8, 4) is 0 Å². The summed E-state index contributed by atoms with van der Waals surface area (Å²) in [5, 5.41) is 20.1. The lowest BCUT2D eigenvalue weighted by molar-refractivity contribution is -0.120. The number of fused-ring (bicyclic) bond motifs is 1. The minimum absolute atomic E-state index is 0.0672. The monoisotopic (exact) mass is 343 g/mol. The van der Waals surface area contributed by atoms with Crippen LogP contribution in [0.2, 0.25) is 0 Å². The van der Waals surface area contributed by atoms with Crippen molar-refractivity contribution in [1.82, 2.24) is 16.0 Å². The van der Waals surface area contributed by atoms with Gasteiger partial charge in [0.15, 0.2) is 0 Å². The standard InChI is InChI=1S/C19H25N3O3/c1-13(2)10-20-18(24)12-22-19(25)21-11-17(23)16-8-7-14-5-3-4-6-15(14)9-16/h3-9,13,17,23H,10-12H2,1-2H3,(H,20,24)(H2,21,22,25)/t17-/m1/s1. The van der Waals surface area contributed by atoms with E-state index in [1.807, 2.05) is 56.3 Å². The van der Waals surface area contributed by atoms with Crippen LogP contribution in [-0.2, 0) is 4.79 Å². The highest BCUT2D eigenvalue weighted by molar-refractivity contribution is 5.84. The number of benzene rings is 2. The van der Waals surface area contributed by atoms with Gasteiger partial charge in [-0.15, -0.1) is 0 Å². The number of carbonyl (C=O) groups is 2. The first-order valence-electron chi connectivity index (χ1n) is 8.41. The Morgan fingerprint density at radius 3 is 2.40 bits per heavy atom. The molecule has 0 saturated heterocycles. The second kappa shape index (κ2) is 9.03. The van der Waals surface area contributed by atoms with Crippen LogP contribution in [0.5, 0.6) is 0 Å². The maximum atomic E-state index is 11.7. The van der Waals surface area contributed by atoms with Gasteiger partial charge in [0.25, 0.3) is 0 Å². The summed E-state index contributed by atoms with van der Waals surface area (Å²) in [6, 6.07) is 13.1. The van der Waals surface area contributed by atoms with Crippen LogP contribution in [0.1, 0.15) is 25.5 Å². The van der Waals surface area contributed by atoms with Crippen LogP contribution in [0, 0.1) is 5.92 Å². The second-order valence-corrected chi connectivity index (χ2v) is 6.38. The molecule has 0 aliphatic carbocycles. The third kappa shape index (κ3) is 6.08. The van der Waals surface area contributed by atoms with E-state index in [9.17, 15) is 14.7 Å². The molecule has 4 N–H and O–H groups in total. The average molecular weight is 343 g/mol. The number of hydrogen-bond donors (Lipinski definition) is 4. The Kier molecular flexibility index (Phi) is 6.77. The summed E-state index contributed by atoms with van der Waals surface area (Å²) in [7, 11) is 0. The van der Waals surface area contributed by atoms with Gasteiger partial charge in [0.1, 0.15) is 0 Å². The molecule has 0 saturated carbocycles. The summed E-state index contributed by atoms with van der Waals surface area (Å²) in [4.78, 5) is 23.3. The normalized spacial score (nSPS) is 12.0. The molecule has 0 aliphatic heterocycles. The molecule has 25 heavy (non-hydrogen) atoms. The first-order chi connectivity index (χ1) is 12.0. The van der Waals surface area contributed by atoms with Gasteiger partial charge in [-0.3, -0.25) is 4.79 Å². The Hall–Kier alpha value is -2.60. The summed E-state index contributed by atoms with van der Waals surface area (Å²) in [6.45, 7) is 4.54. The van der Waals surface area contributed by atoms with Gasteiger partial charge in [-0.2, -0.15) is 0 Å². The molecule has 2 aromatic carbocycles. The SMILES string of the molecule is CC(C)CNC(=O)CNC(=O)NC[C@@H](O)c1ccc2ccccc2c1. The third-order valence-corrected chi connectivity index (χ3v) is 3.73. The Bertz CT molecular complexity index is 731. The largest absolute Gasteiger partial charge is 0.387 e. The summed E-state index contributed by atoms with van der Waals surface area (Å²) in [5.74, 6) is 0.119.